The lowest BCUT2D eigenvalue weighted by atomic mass is 9.75. The fraction of sp³-hybridized carbons (Fsp3) is 0.480. The molecule has 0 aromatic heterocycles. The molecule has 6 heteroatoms. The van der Waals surface area contributed by atoms with Gasteiger partial charge >= 0.3 is 0 Å². The van der Waals surface area contributed by atoms with Crippen molar-refractivity contribution in [1.29, 1.82) is 0 Å². The van der Waals surface area contributed by atoms with Gasteiger partial charge in [0.15, 0.2) is 0 Å². The molecular formula is C25H34FN3O2. The molecule has 31 heavy (non-hydrogen) atoms. The number of piperazine rings is 1. The van der Waals surface area contributed by atoms with Gasteiger partial charge in [0.2, 0.25) is 5.91 Å². The van der Waals surface area contributed by atoms with E-state index >= 15 is 0 Å². The van der Waals surface area contributed by atoms with Crippen LogP contribution in [0.15, 0.2) is 54.6 Å². The monoisotopic (exact) mass is 427 g/mol. The summed E-state index contributed by atoms with van der Waals surface area (Å²) in [4.78, 5) is 17.3. The number of rotatable bonds is 8. The van der Waals surface area contributed by atoms with Crippen molar-refractivity contribution in [2.45, 2.75) is 32.7 Å². The highest BCUT2D eigenvalue weighted by Gasteiger charge is 2.32. The van der Waals surface area contributed by atoms with E-state index in [-0.39, 0.29) is 35.7 Å². The predicted octanol–water partition coefficient (Wildman–Crippen LogP) is 3.25. The number of carbonyl (C=O) groups is 1. The molecule has 2 aromatic carbocycles. The summed E-state index contributed by atoms with van der Waals surface area (Å²) in [6.07, 6.45) is 0. The number of amides is 1. The van der Waals surface area contributed by atoms with Crippen molar-refractivity contribution in [3.63, 3.8) is 0 Å². The van der Waals surface area contributed by atoms with Gasteiger partial charge in [-0.1, -0.05) is 44.2 Å². The number of aliphatic hydroxyl groups excluding tert-OH is 1. The third kappa shape index (κ3) is 5.83. The molecule has 0 radical (unpaired) electrons. The molecule has 1 heterocycles. The zero-order valence-electron chi connectivity index (χ0n) is 18.7. The second kappa shape index (κ2) is 10.2. The number of carbonyl (C=O) groups excluding carboxylic acids is 1. The fourth-order valence-corrected chi connectivity index (χ4v) is 4.18. The zero-order chi connectivity index (χ0) is 22.4. The number of anilines is 1. The van der Waals surface area contributed by atoms with Gasteiger partial charge in [0.05, 0.1) is 6.04 Å². The van der Waals surface area contributed by atoms with Crippen LogP contribution in [0.1, 0.15) is 32.3 Å². The number of hydrogen-bond donors (Lipinski definition) is 2. The van der Waals surface area contributed by atoms with Crippen LogP contribution in [0.4, 0.5) is 10.1 Å². The largest absolute Gasteiger partial charge is 0.396 e. The summed E-state index contributed by atoms with van der Waals surface area (Å²) in [5.41, 5.74) is 1.77. The first-order valence-electron chi connectivity index (χ1n) is 11.0. The number of halogens is 1. The van der Waals surface area contributed by atoms with Crippen LogP contribution in [0.5, 0.6) is 0 Å². The van der Waals surface area contributed by atoms with Gasteiger partial charge in [0.25, 0.3) is 0 Å². The van der Waals surface area contributed by atoms with Gasteiger partial charge in [-0.2, -0.15) is 0 Å². The molecule has 1 amide bonds. The Morgan fingerprint density at radius 3 is 2.26 bits per heavy atom. The van der Waals surface area contributed by atoms with Crippen LogP contribution in [0.2, 0.25) is 0 Å². The highest BCUT2D eigenvalue weighted by molar-refractivity contribution is 5.81. The topological polar surface area (TPSA) is 55.8 Å². The molecule has 0 aliphatic carbocycles. The van der Waals surface area contributed by atoms with E-state index in [4.69, 9.17) is 0 Å². The first-order valence-corrected chi connectivity index (χ1v) is 11.0. The quantitative estimate of drug-likeness (QED) is 0.679. The minimum Gasteiger partial charge on any atom is -0.396 e. The van der Waals surface area contributed by atoms with Gasteiger partial charge in [0, 0.05) is 50.9 Å². The van der Waals surface area contributed by atoms with E-state index < -0.39 is 0 Å². The second-order valence-electron chi connectivity index (χ2n) is 9.03. The molecule has 0 unspecified atom stereocenters. The number of benzene rings is 2. The summed E-state index contributed by atoms with van der Waals surface area (Å²) >= 11 is 0. The maximum atomic E-state index is 13.2. The van der Waals surface area contributed by atoms with Crippen LogP contribution in [0.25, 0.3) is 0 Å². The highest BCUT2D eigenvalue weighted by atomic mass is 19.1. The number of nitrogens with one attached hydrogen (secondary N) is 1. The summed E-state index contributed by atoms with van der Waals surface area (Å²) in [7, 11) is 0. The Morgan fingerprint density at radius 1 is 1.06 bits per heavy atom. The van der Waals surface area contributed by atoms with Crippen molar-refractivity contribution in [2.24, 2.45) is 5.41 Å². The number of hydrogen-bond acceptors (Lipinski definition) is 4. The molecule has 0 spiro atoms. The average Bonchev–Trinajstić information content (AvgIpc) is 2.80. The van der Waals surface area contributed by atoms with Gasteiger partial charge in [-0.15, -0.1) is 0 Å². The minimum atomic E-state index is -0.349. The van der Waals surface area contributed by atoms with Gasteiger partial charge in [-0.25, -0.2) is 4.39 Å². The average molecular weight is 428 g/mol. The van der Waals surface area contributed by atoms with Crippen molar-refractivity contribution in [2.75, 3.05) is 44.2 Å². The maximum absolute atomic E-state index is 13.2. The van der Waals surface area contributed by atoms with Gasteiger partial charge in [-0.05, 0) is 42.2 Å². The summed E-state index contributed by atoms with van der Waals surface area (Å²) in [5, 5.41) is 13.0. The fourth-order valence-electron chi connectivity index (χ4n) is 4.18. The molecule has 0 saturated carbocycles. The maximum Gasteiger partial charge on any atom is 0.237 e. The van der Waals surface area contributed by atoms with Crippen molar-refractivity contribution >= 4 is 11.6 Å². The van der Waals surface area contributed by atoms with Crippen LogP contribution >= 0.6 is 0 Å². The smallest absolute Gasteiger partial charge is 0.237 e. The Kier molecular flexibility index (Phi) is 7.68. The number of nitrogens with zero attached hydrogens (tertiary/aromatic N) is 2. The van der Waals surface area contributed by atoms with Crippen LogP contribution in [-0.2, 0) is 4.79 Å². The van der Waals surface area contributed by atoms with E-state index in [9.17, 15) is 14.3 Å². The molecule has 3 rings (SSSR count). The van der Waals surface area contributed by atoms with E-state index in [0.717, 1.165) is 37.4 Å². The van der Waals surface area contributed by atoms with Crippen LogP contribution in [-0.4, -0.2) is 61.3 Å². The SMILES string of the molecule is C[C@@H](C(=O)NC[C@H](c1ccccc1)C(C)(C)CO)N1CCN(c2ccc(F)cc2)CC1. The lowest BCUT2D eigenvalue weighted by Crippen LogP contribution is -2.54. The lowest BCUT2D eigenvalue weighted by Gasteiger charge is -2.39. The Hall–Kier alpha value is -2.44. The Labute approximate surface area is 184 Å². The molecule has 2 N–H and O–H groups in total. The van der Waals surface area contributed by atoms with E-state index in [1.54, 1.807) is 12.1 Å². The second-order valence-corrected chi connectivity index (χ2v) is 9.03. The van der Waals surface area contributed by atoms with Crippen molar-refractivity contribution < 1.29 is 14.3 Å². The normalized spacial score (nSPS) is 17.3. The predicted molar refractivity (Wildman–Crippen MR) is 123 cm³/mol. The standard InChI is InChI=1S/C25H34FN3O2/c1-19(28-13-15-29(16-14-28)22-11-9-21(26)10-12-22)24(31)27-17-23(25(2,3)18-30)20-7-5-4-6-8-20/h4-12,19,23,30H,13-18H2,1-3H3,(H,27,31)/t19-,23+/m0/s1. The van der Waals surface area contributed by atoms with Crippen LogP contribution in [0.3, 0.4) is 0 Å². The summed E-state index contributed by atoms with van der Waals surface area (Å²) in [5.74, 6) is -0.207. The van der Waals surface area contributed by atoms with E-state index in [2.05, 4.69) is 15.1 Å². The van der Waals surface area contributed by atoms with Crippen molar-refractivity contribution in [1.82, 2.24) is 10.2 Å². The lowest BCUT2D eigenvalue weighted by molar-refractivity contribution is -0.126. The van der Waals surface area contributed by atoms with Crippen molar-refractivity contribution in [3.05, 3.63) is 66.0 Å². The van der Waals surface area contributed by atoms with Gasteiger partial charge in [0.1, 0.15) is 5.82 Å². The Bertz CT molecular complexity index is 834. The van der Waals surface area contributed by atoms with Crippen LogP contribution < -0.4 is 10.2 Å². The summed E-state index contributed by atoms with van der Waals surface area (Å²) in [6, 6.07) is 16.4. The van der Waals surface area contributed by atoms with Gasteiger partial charge in [-0.3, -0.25) is 9.69 Å². The first kappa shape index (κ1) is 23.2. The van der Waals surface area contributed by atoms with Crippen molar-refractivity contribution in [3.8, 4) is 0 Å². The van der Waals surface area contributed by atoms with E-state index in [1.165, 1.54) is 12.1 Å². The highest BCUT2D eigenvalue weighted by Crippen LogP contribution is 2.34. The molecule has 0 bridgehead atoms. The molecule has 1 aliphatic heterocycles. The third-order valence-electron chi connectivity index (χ3n) is 6.47. The van der Waals surface area contributed by atoms with Crippen LogP contribution in [0, 0.1) is 11.2 Å². The third-order valence-corrected chi connectivity index (χ3v) is 6.47. The summed E-state index contributed by atoms with van der Waals surface area (Å²) < 4.78 is 13.2. The molecular weight excluding hydrogens is 393 g/mol. The molecule has 1 fully saturated rings. The first-order chi connectivity index (χ1) is 14.8. The van der Waals surface area contributed by atoms with Gasteiger partial charge < -0.3 is 15.3 Å². The molecule has 2 atom stereocenters. The zero-order valence-corrected chi connectivity index (χ0v) is 18.7. The Morgan fingerprint density at radius 2 is 1.68 bits per heavy atom. The minimum absolute atomic E-state index is 0.00454. The molecule has 2 aromatic rings. The molecule has 168 valence electrons. The summed E-state index contributed by atoms with van der Waals surface area (Å²) in [6.45, 7) is 9.66. The van der Waals surface area contributed by atoms with E-state index in [1.807, 2.05) is 51.1 Å². The molecule has 1 saturated heterocycles. The molecule has 5 nitrogen and oxygen atoms in total. The van der Waals surface area contributed by atoms with E-state index in [0.29, 0.717) is 6.54 Å². The molecule has 1 aliphatic rings. The Balaban J connectivity index is 1.55. The number of aliphatic hydroxyl groups is 1.